The van der Waals surface area contributed by atoms with Crippen LogP contribution in [0.2, 0.25) is 0 Å². The fraction of sp³-hybridized carbons (Fsp3) is 0.600. The number of aryl methyl sites for hydroxylation is 1. The first-order valence-corrected chi connectivity index (χ1v) is 5.44. The van der Waals surface area contributed by atoms with Gasteiger partial charge in [-0.3, -0.25) is 5.43 Å². The van der Waals surface area contributed by atoms with E-state index in [9.17, 15) is 0 Å². The highest BCUT2D eigenvalue weighted by Crippen LogP contribution is 2.16. The lowest BCUT2D eigenvalue weighted by molar-refractivity contribution is 0.0875. The number of nitrogens with zero attached hydrogens (tertiary/aromatic N) is 2. The second-order valence-electron chi connectivity index (χ2n) is 3.93. The number of ether oxygens (including phenoxy) is 1. The lowest BCUT2D eigenvalue weighted by Crippen LogP contribution is -2.30. The minimum atomic E-state index is 0.327. The van der Waals surface area contributed by atoms with E-state index in [4.69, 9.17) is 10.6 Å². The maximum Gasteiger partial charge on any atom is 0.239 e. The van der Waals surface area contributed by atoms with Gasteiger partial charge in [0.05, 0.1) is 12.6 Å². The van der Waals surface area contributed by atoms with Gasteiger partial charge in [0.1, 0.15) is 5.82 Å². The Labute approximate surface area is 94.6 Å². The first-order valence-electron chi connectivity index (χ1n) is 5.44. The molecule has 6 nitrogen and oxygen atoms in total. The molecule has 2 rings (SSSR count). The van der Waals surface area contributed by atoms with Crippen molar-refractivity contribution in [1.82, 2.24) is 9.97 Å². The van der Waals surface area contributed by atoms with Crippen molar-refractivity contribution in [3.8, 4) is 0 Å². The van der Waals surface area contributed by atoms with Gasteiger partial charge in [-0.2, -0.15) is 4.98 Å². The molecule has 1 fully saturated rings. The largest absolute Gasteiger partial charge is 0.379 e. The third kappa shape index (κ3) is 2.59. The van der Waals surface area contributed by atoms with Crippen LogP contribution in [0.3, 0.4) is 0 Å². The molecule has 16 heavy (non-hydrogen) atoms. The first-order chi connectivity index (χ1) is 7.79. The molecule has 2 heterocycles. The van der Waals surface area contributed by atoms with Gasteiger partial charge in [0.15, 0.2) is 0 Å². The van der Waals surface area contributed by atoms with Crippen LogP contribution in [0.15, 0.2) is 6.20 Å². The van der Waals surface area contributed by atoms with Crippen molar-refractivity contribution in [2.45, 2.75) is 25.8 Å². The average molecular weight is 223 g/mol. The Kier molecular flexibility index (Phi) is 3.53. The van der Waals surface area contributed by atoms with E-state index in [1.807, 2.05) is 6.92 Å². The molecule has 0 aromatic carbocycles. The Hall–Kier alpha value is -1.40. The molecule has 0 spiro atoms. The normalized spacial score (nSPS) is 20.5. The molecule has 6 heteroatoms. The van der Waals surface area contributed by atoms with Crippen molar-refractivity contribution in [3.63, 3.8) is 0 Å². The number of nitrogen functional groups attached to an aromatic ring is 1. The van der Waals surface area contributed by atoms with Gasteiger partial charge in [-0.15, -0.1) is 0 Å². The number of hydrogen-bond acceptors (Lipinski definition) is 6. The average Bonchev–Trinajstić information content (AvgIpc) is 2.33. The Morgan fingerprint density at radius 3 is 3.12 bits per heavy atom. The molecule has 1 unspecified atom stereocenters. The third-order valence-corrected chi connectivity index (χ3v) is 2.60. The number of aromatic nitrogens is 2. The van der Waals surface area contributed by atoms with E-state index in [1.54, 1.807) is 6.20 Å². The molecule has 1 atom stereocenters. The Morgan fingerprint density at radius 2 is 2.44 bits per heavy atom. The monoisotopic (exact) mass is 223 g/mol. The fourth-order valence-corrected chi connectivity index (χ4v) is 1.71. The summed E-state index contributed by atoms with van der Waals surface area (Å²) in [6.45, 7) is 3.55. The molecule has 1 saturated heterocycles. The Bertz CT molecular complexity index is 351. The van der Waals surface area contributed by atoms with Crippen LogP contribution >= 0.6 is 0 Å². The third-order valence-electron chi connectivity index (χ3n) is 2.60. The predicted octanol–water partition coefficient (Wildman–Crippen LogP) is 0.662. The van der Waals surface area contributed by atoms with Gasteiger partial charge >= 0.3 is 0 Å². The lowest BCUT2D eigenvalue weighted by Gasteiger charge is -2.24. The van der Waals surface area contributed by atoms with Crippen molar-refractivity contribution in [3.05, 3.63) is 11.8 Å². The van der Waals surface area contributed by atoms with Gasteiger partial charge in [0.2, 0.25) is 5.95 Å². The van der Waals surface area contributed by atoms with Crippen molar-refractivity contribution >= 4 is 11.8 Å². The summed E-state index contributed by atoms with van der Waals surface area (Å²) in [5, 5.41) is 3.35. The summed E-state index contributed by atoms with van der Waals surface area (Å²) in [5.74, 6) is 6.51. The quantitative estimate of drug-likeness (QED) is 0.515. The van der Waals surface area contributed by atoms with E-state index in [1.165, 1.54) is 0 Å². The molecular weight excluding hydrogens is 206 g/mol. The van der Waals surface area contributed by atoms with Crippen LogP contribution in [0.5, 0.6) is 0 Å². The van der Waals surface area contributed by atoms with Crippen LogP contribution in [0.25, 0.3) is 0 Å². The fourth-order valence-electron chi connectivity index (χ4n) is 1.71. The SMILES string of the molecule is Cc1cnc(NN)nc1NC1CCCOC1. The number of nitrogens with two attached hydrogens (primary N) is 1. The van der Waals surface area contributed by atoms with Crippen LogP contribution in [0.4, 0.5) is 11.8 Å². The number of nitrogens with one attached hydrogen (secondary N) is 2. The van der Waals surface area contributed by atoms with Gasteiger partial charge in [0.25, 0.3) is 0 Å². The number of hydrazine groups is 1. The molecule has 88 valence electrons. The molecule has 0 radical (unpaired) electrons. The number of rotatable bonds is 3. The summed E-state index contributed by atoms with van der Waals surface area (Å²) < 4.78 is 5.40. The highest BCUT2D eigenvalue weighted by molar-refractivity contribution is 5.46. The molecular formula is C10H17N5O. The number of hydrogen-bond donors (Lipinski definition) is 3. The zero-order valence-corrected chi connectivity index (χ0v) is 9.36. The smallest absolute Gasteiger partial charge is 0.239 e. The summed E-state index contributed by atoms with van der Waals surface area (Å²) in [7, 11) is 0. The minimum Gasteiger partial charge on any atom is -0.379 e. The first kappa shape index (κ1) is 11.1. The zero-order chi connectivity index (χ0) is 11.4. The Morgan fingerprint density at radius 1 is 1.56 bits per heavy atom. The highest BCUT2D eigenvalue weighted by Gasteiger charge is 2.15. The van der Waals surface area contributed by atoms with Crippen LogP contribution in [0.1, 0.15) is 18.4 Å². The van der Waals surface area contributed by atoms with E-state index in [0.29, 0.717) is 12.0 Å². The summed E-state index contributed by atoms with van der Waals surface area (Å²) in [4.78, 5) is 8.30. The molecule has 1 aliphatic heterocycles. The van der Waals surface area contributed by atoms with Gasteiger partial charge in [-0.25, -0.2) is 10.8 Å². The van der Waals surface area contributed by atoms with Gasteiger partial charge in [0, 0.05) is 18.4 Å². The molecule has 0 bridgehead atoms. The molecule has 0 amide bonds. The minimum absolute atomic E-state index is 0.327. The van der Waals surface area contributed by atoms with Gasteiger partial charge in [-0.05, 0) is 19.8 Å². The molecule has 0 saturated carbocycles. The molecule has 1 aliphatic rings. The Balaban J connectivity index is 2.06. The molecule has 1 aromatic heterocycles. The summed E-state index contributed by atoms with van der Waals surface area (Å²) in [5.41, 5.74) is 3.44. The second-order valence-corrected chi connectivity index (χ2v) is 3.93. The maximum atomic E-state index is 5.40. The molecule has 1 aromatic rings. The zero-order valence-electron chi connectivity index (χ0n) is 9.36. The van der Waals surface area contributed by atoms with E-state index >= 15 is 0 Å². The van der Waals surface area contributed by atoms with E-state index in [-0.39, 0.29) is 0 Å². The van der Waals surface area contributed by atoms with Crippen molar-refractivity contribution in [1.29, 1.82) is 0 Å². The maximum absolute atomic E-state index is 5.40. The lowest BCUT2D eigenvalue weighted by atomic mass is 10.1. The second kappa shape index (κ2) is 5.09. The van der Waals surface area contributed by atoms with Crippen LogP contribution in [0, 0.1) is 6.92 Å². The van der Waals surface area contributed by atoms with E-state index in [0.717, 1.165) is 37.4 Å². The summed E-state index contributed by atoms with van der Waals surface area (Å²) in [6.07, 6.45) is 3.94. The van der Waals surface area contributed by atoms with E-state index in [2.05, 4.69) is 20.7 Å². The molecule has 0 aliphatic carbocycles. The molecule has 4 N–H and O–H groups in total. The van der Waals surface area contributed by atoms with Crippen LogP contribution < -0.4 is 16.6 Å². The van der Waals surface area contributed by atoms with Gasteiger partial charge < -0.3 is 10.1 Å². The van der Waals surface area contributed by atoms with Gasteiger partial charge in [-0.1, -0.05) is 0 Å². The van der Waals surface area contributed by atoms with Crippen molar-refractivity contribution in [2.24, 2.45) is 5.84 Å². The van der Waals surface area contributed by atoms with Crippen molar-refractivity contribution in [2.75, 3.05) is 24.0 Å². The summed E-state index contributed by atoms with van der Waals surface area (Å²) >= 11 is 0. The van der Waals surface area contributed by atoms with Crippen LogP contribution in [-0.4, -0.2) is 29.2 Å². The predicted molar refractivity (Wildman–Crippen MR) is 62.0 cm³/mol. The van der Waals surface area contributed by atoms with Crippen molar-refractivity contribution < 1.29 is 4.74 Å². The standard InChI is InChI=1S/C10H17N5O/c1-7-5-12-10(15-11)14-9(7)13-8-3-2-4-16-6-8/h5,8H,2-4,6,11H2,1H3,(H2,12,13,14,15). The number of anilines is 2. The topological polar surface area (TPSA) is 85.1 Å². The van der Waals surface area contributed by atoms with E-state index < -0.39 is 0 Å². The highest BCUT2D eigenvalue weighted by atomic mass is 16.5. The summed E-state index contributed by atoms with van der Waals surface area (Å²) in [6, 6.07) is 0.327. The van der Waals surface area contributed by atoms with Crippen LogP contribution in [-0.2, 0) is 4.74 Å².